The van der Waals surface area contributed by atoms with Crippen LogP contribution in [0.3, 0.4) is 0 Å². The standard InChI is InChI=1S/C10H14O5/c1-3(11)5-7(9(12)13)6-4(2)15-10(14)8(5)6/h3-8,11H,1-2H3,(H,12,13)/t3-,4-,5-,6+,7+,8-/m1/s1. The van der Waals surface area contributed by atoms with Crippen molar-refractivity contribution in [3.05, 3.63) is 0 Å². The van der Waals surface area contributed by atoms with E-state index in [-0.39, 0.29) is 18.0 Å². The number of aliphatic hydroxyl groups excluding tert-OH is 1. The first kappa shape index (κ1) is 10.4. The van der Waals surface area contributed by atoms with Gasteiger partial charge in [0.05, 0.1) is 17.9 Å². The molecule has 0 aromatic carbocycles. The maximum absolute atomic E-state index is 11.4. The van der Waals surface area contributed by atoms with Gasteiger partial charge in [0.25, 0.3) is 0 Å². The predicted molar refractivity (Wildman–Crippen MR) is 48.8 cm³/mol. The second-order valence-electron chi connectivity index (χ2n) is 4.43. The Labute approximate surface area is 87.0 Å². The lowest BCUT2D eigenvalue weighted by Gasteiger charge is -2.45. The third kappa shape index (κ3) is 1.26. The number of carbonyl (C=O) groups is 2. The minimum Gasteiger partial charge on any atom is -0.481 e. The number of carboxylic acid groups (broad SMARTS) is 1. The zero-order valence-electron chi connectivity index (χ0n) is 8.58. The summed E-state index contributed by atoms with van der Waals surface area (Å²) in [6, 6.07) is 0. The number of hydrogen-bond acceptors (Lipinski definition) is 4. The molecule has 0 spiro atoms. The van der Waals surface area contributed by atoms with Crippen LogP contribution in [-0.4, -0.2) is 34.4 Å². The van der Waals surface area contributed by atoms with Gasteiger partial charge in [-0.1, -0.05) is 0 Å². The Morgan fingerprint density at radius 3 is 2.60 bits per heavy atom. The number of carboxylic acids is 1. The van der Waals surface area contributed by atoms with Gasteiger partial charge in [-0.15, -0.1) is 0 Å². The lowest BCUT2D eigenvalue weighted by Crippen LogP contribution is -2.56. The first-order chi connectivity index (χ1) is 6.95. The van der Waals surface area contributed by atoms with Gasteiger partial charge in [0.15, 0.2) is 0 Å². The second kappa shape index (κ2) is 3.20. The van der Waals surface area contributed by atoms with Crippen molar-refractivity contribution >= 4 is 11.9 Å². The maximum Gasteiger partial charge on any atom is 0.310 e. The molecule has 0 aromatic heterocycles. The molecule has 2 fully saturated rings. The zero-order chi connectivity index (χ0) is 11.3. The summed E-state index contributed by atoms with van der Waals surface area (Å²) in [5.41, 5.74) is 0. The van der Waals surface area contributed by atoms with Crippen LogP contribution in [0.5, 0.6) is 0 Å². The maximum atomic E-state index is 11.4. The van der Waals surface area contributed by atoms with E-state index >= 15 is 0 Å². The van der Waals surface area contributed by atoms with Gasteiger partial charge >= 0.3 is 11.9 Å². The van der Waals surface area contributed by atoms with E-state index in [4.69, 9.17) is 9.84 Å². The first-order valence-corrected chi connectivity index (χ1v) is 5.06. The molecule has 5 nitrogen and oxygen atoms in total. The quantitative estimate of drug-likeness (QED) is 0.626. The van der Waals surface area contributed by atoms with E-state index in [1.54, 1.807) is 6.92 Å². The van der Waals surface area contributed by atoms with E-state index < -0.39 is 29.8 Å². The van der Waals surface area contributed by atoms with Gasteiger partial charge in [-0.3, -0.25) is 9.59 Å². The van der Waals surface area contributed by atoms with Crippen LogP contribution >= 0.6 is 0 Å². The number of rotatable bonds is 2. The number of ether oxygens (including phenoxy) is 1. The van der Waals surface area contributed by atoms with Crippen LogP contribution in [0.2, 0.25) is 0 Å². The van der Waals surface area contributed by atoms with Crippen LogP contribution in [0.4, 0.5) is 0 Å². The number of aliphatic hydroxyl groups is 1. The molecule has 1 saturated carbocycles. The van der Waals surface area contributed by atoms with Crippen LogP contribution < -0.4 is 0 Å². The van der Waals surface area contributed by atoms with E-state index in [0.29, 0.717) is 0 Å². The van der Waals surface area contributed by atoms with Crippen molar-refractivity contribution in [1.29, 1.82) is 0 Å². The topological polar surface area (TPSA) is 83.8 Å². The number of fused-ring (bicyclic) bond motifs is 1. The number of carbonyl (C=O) groups excluding carboxylic acids is 1. The molecule has 84 valence electrons. The molecule has 2 rings (SSSR count). The van der Waals surface area contributed by atoms with E-state index in [1.165, 1.54) is 6.92 Å². The van der Waals surface area contributed by atoms with Gasteiger partial charge in [-0.2, -0.15) is 0 Å². The summed E-state index contributed by atoms with van der Waals surface area (Å²) in [5.74, 6) is -3.17. The molecular weight excluding hydrogens is 200 g/mol. The minimum atomic E-state index is -0.952. The smallest absolute Gasteiger partial charge is 0.310 e. The summed E-state index contributed by atoms with van der Waals surface area (Å²) < 4.78 is 5.00. The summed E-state index contributed by atoms with van der Waals surface area (Å²) in [5, 5.41) is 18.5. The Bertz CT molecular complexity index is 311. The molecule has 0 bridgehead atoms. The zero-order valence-corrected chi connectivity index (χ0v) is 8.58. The molecular formula is C10H14O5. The monoisotopic (exact) mass is 214 g/mol. The Morgan fingerprint density at radius 1 is 1.53 bits per heavy atom. The highest BCUT2D eigenvalue weighted by atomic mass is 16.6. The highest BCUT2D eigenvalue weighted by Crippen LogP contribution is 2.54. The van der Waals surface area contributed by atoms with Crippen molar-refractivity contribution in [2.75, 3.05) is 0 Å². The molecule has 1 aliphatic carbocycles. The average Bonchev–Trinajstić information content (AvgIpc) is 2.19. The molecule has 0 amide bonds. The Balaban J connectivity index is 2.26. The number of esters is 1. The number of aliphatic carboxylic acids is 1. The van der Waals surface area contributed by atoms with E-state index in [1.807, 2.05) is 0 Å². The van der Waals surface area contributed by atoms with Gasteiger partial charge in [0.1, 0.15) is 6.10 Å². The molecule has 6 atom stereocenters. The van der Waals surface area contributed by atoms with Gasteiger partial charge in [0, 0.05) is 11.8 Å². The molecule has 15 heavy (non-hydrogen) atoms. The van der Waals surface area contributed by atoms with Gasteiger partial charge in [-0.25, -0.2) is 0 Å². The second-order valence-corrected chi connectivity index (χ2v) is 4.43. The van der Waals surface area contributed by atoms with Gasteiger partial charge < -0.3 is 14.9 Å². The van der Waals surface area contributed by atoms with Crippen molar-refractivity contribution in [2.24, 2.45) is 23.7 Å². The third-order valence-corrected chi connectivity index (χ3v) is 3.62. The van der Waals surface area contributed by atoms with E-state index in [9.17, 15) is 14.7 Å². The van der Waals surface area contributed by atoms with Crippen LogP contribution in [0, 0.1) is 23.7 Å². The minimum absolute atomic E-state index is 0.269. The molecule has 0 radical (unpaired) electrons. The molecule has 0 unspecified atom stereocenters. The Kier molecular flexibility index (Phi) is 2.22. The van der Waals surface area contributed by atoms with Crippen LogP contribution in [0.15, 0.2) is 0 Å². The van der Waals surface area contributed by atoms with Gasteiger partial charge in [0.2, 0.25) is 0 Å². The van der Waals surface area contributed by atoms with Crippen LogP contribution in [-0.2, 0) is 14.3 Å². The normalized spacial score (nSPS) is 45.3. The lowest BCUT2D eigenvalue weighted by molar-refractivity contribution is -0.167. The summed E-state index contributed by atoms with van der Waals surface area (Å²) in [4.78, 5) is 22.4. The first-order valence-electron chi connectivity index (χ1n) is 5.06. The molecule has 1 aliphatic heterocycles. The fourth-order valence-electron chi connectivity index (χ4n) is 2.98. The number of hydrogen-bond donors (Lipinski definition) is 2. The highest BCUT2D eigenvalue weighted by Gasteiger charge is 2.65. The summed E-state index contributed by atoms with van der Waals surface area (Å²) in [6.07, 6.45) is -1.14. The lowest BCUT2D eigenvalue weighted by atomic mass is 9.54. The summed E-state index contributed by atoms with van der Waals surface area (Å²) >= 11 is 0. The molecule has 5 heteroatoms. The Morgan fingerprint density at radius 2 is 2.13 bits per heavy atom. The Hall–Kier alpha value is -1.10. The molecule has 2 N–H and O–H groups in total. The van der Waals surface area contributed by atoms with Crippen LogP contribution in [0.1, 0.15) is 13.8 Å². The fraction of sp³-hybridized carbons (Fsp3) is 0.800. The van der Waals surface area contributed by atoms with Crippen molar-refractivity contribution in [3.8, 4) is 0 Å². The third-order valence-electron chi connectivity index (χ3n) is 3.62. The van der Waals surface area contributed by atoms with Crippen molar-refractivity contribution in [3.63, 3.8) is 0 Å². The summed E-state index contributed by atoms with van der Waals surface area (Å²) in [7, 11) is 0. The summed E-state index contributed by atoms with van der Waals surface area (Å²) in [6.45, 7) is 3.23. The van der Waals surface area contributed by atoms with Crippen molar-refractivity contribution in [2.45, 2.75) is 26.1 Å². The van der Waals surface area contributed by atoms with Crippen LogP contribution in [0.25, 0.3) is 0 Å². The van der Waals surface area contributed by atoms with Gasteiger partial charge in [-0.05, 0) is 13.8 Å². The van der Waals surface area contributed by atoms with E-state index in [0.717, 1.165) is 0 Å². The largest absolute Gasteiger partial charge is 0.481 e. The molecule has 1 heterocycles. The fourth-order valence-corrected chi connectivity index (χ4v) is 2.98. The van der Waals surface area contributed by atoms with Crippen molar-refractivity contribution in [1.82, 2.24) is 0 Å². The SMILES string of the molecule is C[C@@H](O)[C@H]1[C@H]2C(=O)O[C@H](C)[C@H]2[C@H]1C(=O)O. The molecule has 1 saturated heterocycles. The van der Waals surface area contributed by atoms with E-state index in [2.05, 4.69) is 0 Å². The highest BCUT2D eigenvalue weighted by molar-refractivity contribution is 5.83. The number of cyclic esters (lactones) is 1. The molecule has 2 aliphatic rings. The van der Waals surface area contributed by atoms with Crippen molar-refractivity contribution < 1.29 is 24.5 Å². The average molecular weight is 214 g/mol. The predicted octanol–water partition coefficient (Wildman–Crippen LogP) is -0.125. The molecule has 0 aromatic rings.